The monoisotopic (exact) mass is 1300 g/mol. The topological polar surface area (TPSA) is 374 Å². The zero-order chi connectivity index (χ0) is 61.9. The Morgan fingerprint density at radius 2 is 1.06 bits per heavy atom. The molecule has 4 heterocycles. The summed E-state index contributed by atoms with van der Waals surface area (Å²) in [6.45, 7) is -0.0215. The highest BCUT2D eigenvalue weighted by atomic mass is 127. The number of aliphatic hydroxyl groups excluding tert-OH is 1. The summed E-state index contributed by atoms with van der Waals surface area (Å²) in [6, 6.07) is 20.0. The number of nitrogens with two attached hydrogens (primary N) is 1. The van der Waals surface area contributed by atoms with Crippen LogP contribution in [0.4, 0.5) is 13.2 Å². The summed E-state index contributed by atoms with van der Waals surface area (Å²) < 4.78 is 87.7. The first-order valence-electron chi connectivity index (χ1n) is 24.6. The number of halogens is 4. The molecule has 3 aromatic carbocycles. The Kier molecular flexibility index (Phi) is 30.1. The number of carbonyl (C=O) groups excluding carboxylic acids is 7. The quantitative estimate of drug-likeness (QED) is 0.0296. The number of aliphatic carboxylic acids is 3. The number of amides is 4. The van der Waals surface area contributed by atoms with Gasteiger partial charge in [0.15, 0.2) is 24.1 Å². The number of piperidine rings is 2. The summed E-state index contributed by atoms with van der Waals surface area (Å²) >= 11 is 2.15. The molecule has 0 aliphatic carbocycles. The number of benzene rings is 3. The largest absolute Gasteiger partial charge is 0.523 e. The van der Waals surface area contributed by atoms with Crippen LogP contribution in [0, 0.1) is 0 Å². The van der Waals surface area contributed by atoms with E-state index in [1.165, 1.54) is 7.11 Å². The zero-order valence-corrected chi connectivity index (χ0v) is 47.7. The van der Waals surface area contributed by atoms with Gasteiger partial charge in [-0.15, -0.1) is 0 Å². The van der Waals surface area contributed by atoms with Crippen LogP contribution in [0.5, 0.6) is 17.2 Å². The van der Waals surface area contributed by atoms with E-state index in [1.54, 1.807) is 62.8 Å². The molecular formula is C52H63F3IN3O22S. The molecule has 452 valence electrons. The van der Waals surface area contributed by atoms with Crippen molar-refractivity contribution in [1.29, 1.82) is 0 Å². The molecule has 0 radical (unpaired) electrons. The second-order valence-corrected chi connectivity index (χ2v) is 19.0. The van der Waals surface area contributed by atoms with Gasteiger partial charge in [-0.1, -0.05) is 59.0 Å². The Labute approximate surface area is 482 Å². The number of nitrogens with zero attached hydrogens (tertiary/aromatic N) is 2. The highest BCUT2D eigenvalue weighted by molar-refractivity contribution is 14.1. The number of Topliss-reactive ketones (excluding diaryl/α,β-unsaturated/α-hetero) is 1. The highest BCUT2D eigenvalue weighted by Gasteiger charge is 2.51. The van der Waals surface area contributed by atoms with Crippen molar-refractivity contribution in [3.8, 4) is 17.2 Å². The number of esters is 2. The summed E-state index contributed by atoms with van der Waals surface area (Å²) in [5.41, 5.74) is 1.78. The number of ketones is 1. The fraction of sp³-hybridized carbons (Fsp3) is 0.462. The van der Waals surface area contributed by atoms with Crippen molar-refractivity contribution >= 4 is 92.0 Å². The summed E-state index contributed by atoms with van der Waals surface area (Å²) in [6.07, 6.45) is -2.38. The van der Waals surface area contributed by atoms with E-state index in [0.717, 1.165) is 27.5 Å². The van der Waals surface area contributed by atoms with Gasteiger partial charge in [-0.25, -0.2) is 8.98 Å². The third-order valence-corrected chi connectivity index (χ3v) is 12.7. The smallest absolute Gasteiger partial charge is 0.497 e. The van der Waals surface area contributed by atoms with Crippen LogP contribution in [0.1, 0.15) is 87.3 Å². The van der Waals surface area contributed by atoms with Crippen LogP contribution < -0.4 is 19.9 Å². The fourth-order valence-electron chi connectivity index (χ4n) is 7.16. The Hall–Kier alpha value is -7.29. The Bertz CT molecular complexity index is 2770. The van der Waals surface area contributed by atoms with Gasteiger partial charge in [0.05, 0.1) is 34.4 Å². The van der Waals surface area contributed by atoms with Crippen molar-refractivity contribution in [2.45, 2.75) is 126 Å². The molecule has 4 aliphatic heterocycles. The van der Waals surface area contributed by atoms with Crippen molar-refractivity contribution in [3.05, 3.63) is 89.5 Å². The molecule has 7 rings (SSSR count). The highest BCUT2D eigenvalue weighted by Crippen LogP contribution is 2.29. The van der Waals surface area contributed by atoms with Gasteiger partial charge in [-0.2, -0.15) is 21.6 Å². The summed E-state index contributed by atoms with van der Waals surface area (Å²) in [5, 5.41) is 34.0. The number of carboxylic acids is 3. The number of aliphatic hydroxyl groups is 1. The number of methoxy groups -OCH3 is 3. The number of hydrogen-bond acceptors (Lipinski definition) is 20. The normalized spacial score (nSPS) is 18.8. The van der Waals surface area contributed by atoms with Gasteiger partial charge in [-0.05, 0) is 83.7 Å². The van der Waals surface area contributed by atoms with Crippen molar-refractivity contribution < 1.29 is 118 Å². The minimum Gasteiger partial charge on any atom is -0.497 e. The number of alkyl halides is 4. The fourth-order valence-corrected chi connectivity index (χ4v) is 7.76. The van der Waals surface area contributed by atoms with Gasteiger partial charge in [0.2, 0.25) is 11.8 Å². The molecule has 6 N–H and O–H groups in total. The number of hydrogen-bond donors (Lipinski definition) is 5. The Morgan fingerprint density at radius 3 is 1.43 bits per heavy atom. The summed E-state index contributed by atoms with van der Waals surface area (Å²) in [7, 11) is -1.28. The maximum atomic E-state index is 12.4. The van der Waals surface area contributed by atoms with Gasteiger partial charge in [0.25, 0.3) is 11.8 Å². The van der Waals surface area contributed by atoms with Gasteiger partial charge >= 0.3 is 45.5 Å². The van der Waals surface area contributed by atoms with Crippen molar-refractivity contribution in [1.82, 2.24) is 9.80 Å². The lowest BCUT2D eigenvalue weighted by Crippen LogP contribution is -2.49. The predicted molar refractivity (Wildman–Crippen MR) is 286 cm³/mol. The second kappa shape index (κ2) is 34.9. The third kappa shape index (κ3) is 24.0. The number of likely N-dealkylation sites (tertiary alicyclic amines) is 2. The number of carboxylic acid groups (broad SMARTS) is 3. The summed E-state index contributed by atoms with van der Waals surface area (Å²) in [5.74, 6) is -4.36. The van der Waals surface area contributed by atoms with Crippen LogP contribution in [0.3, 0.4) is 0 Å². The molecule has 4 fully saturated rings. The van der Waals surface area contributed by atoms with E-state index in [4.69, 9.17) is 40.0 Å². The molecule has 4 aliphatic rings. The van der Waals surface area contributed by atoms with E-state index < -0.39 is 94.1 Å². The van der Waals surface area contributed by atoms with E-state index in [-0.39, 0.29) is 69.3 Å². The number of imide groups is 2. The van der Waals surface area contributed by atoms with E-state index in [2.05, 4.69) is 31.5 Å². The van der Waals surface area contributed by atoms with Gasteiger partial charge in [-0.3, -0.25) is 53.0 Å². The minimum atomic E-state index is -5.93. The molecule has 5 unspecified atom stereocenters. The summed E-state index contributed by atoms with van der Waals surface area (Å²) in [4.78, 5) is 114. The Morgan fingerprint density at radius 1 is 0.646 bits per heavy atom. The number of carbonyl (C=O) groups is 10. The van der Waals surface area contributed by atoms with Crippen LogP contribution in [0.2, 0.25) is 0 Å². The van der Waals surface area contributed by atoms with Crippen molar-refractivity contribution in [3.63, 3.8) is 0 Å². The first-order valence-corrected chi connectivity index (χ1v) is 28.1. The van der Waals surface area contributed by atoms with Gasteiger partial charge < -0.3 is 49.8 Å². The van der Waals surface area contributed by atoms with Gasteiger partial charge in [0, 0.05) is 51.4 Å². The van der Waals surface area contributed by atoms with E-state index >= 15 is 0 Å². The molecule has 5 atom stereocenters. The predicted octanol–water partition coefficient (Wildman–Crippen LogP) is 4.28. The zero-order valence-electron chi connectivity index (χ0n) is 44.7. The molecule has 30 heteroatoms. The van der Waals surface area contributed by atoms with Crippen LogP contribution in [0.15, 0.2) is 72.8 Å². The van der Waals surface area contributed by atoms with Crippen molar-refractivity contribution in [2.24, 2.45) is 5.73 Å². The lowest BCUT2D eigenvalue weighted by atomic mass is 10.0. The molecule has 0 aromatic heterocycles. The van der Waals surface area contributed by atoms with Crippen LogP contribution in [-0.2, 0) is 91.2 Å². The maximum Gasteiger partial charge on any atom is 0.523 e. The molecule has 25 nitrogen and oxygen atoms in total. The average Bonchev–Trinajstić information content (AvgIpc) is 4.12. The number of cyclic esters (lactones) is 2. The number of ether oxygens (including phenoxy) is 5. The lowest BCUT2D eigenvalue weighted by Gasteiger charge is -2.30. The van der Waals surface area contributed by atoms with Crippen LogP contribution in [-0.4, -0.2) is 160 Å². The lowest BCUT2D eigenvalue weighted by molar-refractivity contribution is -0.157. The molecule has 4 amide bonds. The van der Waals surface area contributed by atoms with Crippen LogP contribution in [0.25, 0.3) is 0 Å². The molecule has 0 bridgehead atoms. The van der Waals surface area contributed by atoms with E-state index in [0.29, 0.717) is 48.3 Å². The van der Waals surface area contributed by atoms with Crippen molar-refractivity contribution in [2.75, 3.05) is 26.3 Å². The first kappa shape index (κ1) is 70.8. The SMILES string of the molecule is CI.COc1ccc(CCC(=O)C2CCC(=O)O2)cc1.COc1ccc(CN2C(=O)CCC(O)C2=O)cc1.COc1ccc(CN2C(=O)CCC(OS(=O)(=O)C(F)(F)F)C2=O)cc1.NC(CCC(=O)O)C(=O)O.O=C1CCC(C(=O)O)O1. The standard InChI is InChI=1S/C14H14F3NO6S.C14H16O4.C13H15NO4.C5H9NO4.C5H6O4.CH3I/c1-23-10-4-2-9(3-5-10)8-18-12(19)7-6-11(13(18)20)24-25(21,22)14(15,16)17;1-17-11-5-2-10(3-6-11)4-7-12(15)13-8-9-14(16)18-13;1-18-10-4-2-9(3-5-10)8-14-12(16)7-6-11(15)13(14)17;6-3(5(9)10)1-2-4(7)8;6-4-2-1-3(9-4)5(7)8;1-2/h2-5,11H,6-8H2,1H3;2-3,5-6,13H,4,7-9H2,1H3;2-5,11,15H,6-8H2,1H3;3H,1-2,6H2,(H,7,8)(H,9,10);3H,1-2H2,(H,7,8);1H3. The molecule has 3 aromatic rings. The average molecular weight is 1300 g/mol. The van der Waals surface area contributed by atoms with Crippen LogP contribution >= 0.6 is 22.6 Å². The molecule has 4 saturated heterocycles. The van der Waals surface area contributed by atoms with Gasteiger partial charge in [0.1, 0.15) is 29.4 Å². The molecule has 0 spiro atoms. The molecule has 82 heavy (non-hydrogen) atoms. The third-order valence-electron chi connectivity index (χ3n) is 11.7. The van der Waals surface area contributed by atoms with E-state index in [1.807, 2.05) is 29.2 Å². The second-order valence-electron chi connectivity index (χ2n) is 17.5. The first-order chi connectivity index (χ1) is 38.6. The van der Waals surface area contributed by atoms with E-state index in [9.17, 15) is 74.6 Å². The molecular weight excluding hydrogens is 1230 g/mol. The number of aryl methyl sites for hydroxylation is 1. The minimum absolute atomic E-state index is 0.0108. The maximum absolute atomic E-state index is 12.4. The number of rotatable bonds is 18. The molecule has 0 saturated carbocycles. The Balaban J connectivity index is 0.000000363.